The first-order chi connectivity index (χ1) is 14.1. The van der Waals surface area contributed by atoms with E-state index in [4.69, 9.17) is 0 Å². The topological polar surface area (TPSA) is 63.1 Å². The number of piperazine rings is 1. The number of benzene rings is 2. The SMILES string of the molecule is Cl.N#Cc1c[nH]c2c(C(=O)N3CCN(CCc4ccc(F)cc4F)CC3)cccc12. The number of nitrogens with zero attached hydrogens (tertiary/aromatic N) is 3. The normalized spacial score (nSPS) is 14.4. The second-order valence-corrected chi connectivity index (χ2v) is 7.16. The van der Waals surface area contributed by atoms with E-state index in [-0.39, 0.29) is 18.3 Å². The highest BCUT2D eigenvalue weighted by atomic mass is 35.5. The first-order valence-electron chi connectivity index (χ1n) is 9.52. The molecule has 156 valence electrons. The number of nitrogens with one attached hydrogen (secondary N) is 1. The Morgan fingerprint density at radius 3 is 2.60 bits per heavy atom. The molecule has 0 radical (unpaired) electrons. The lowest BCUT2D eigenvalue weighted by atomic mass is 10.1. The third-order valence-electron chi connectivity index (χ3n) is 5.44. The third-order valence-corrected chi connectivity index (χ3v) is 5.44. The highest BCUT2D eigenvalue weighted by Gasteiger charge is 2.24. The third kappa shape index (κ3) is 4.30. The Labute approximate surface area is 179 Å². The Morgan fingerprint density at radius 2 is 1.90 bits per heavy atom. The summed E-state index contributed by atoms with van der Waals surface area (Å²) in [6.45, 7) is 3.19. The molecule has 0 unspecified atom stereocenters. The van der Waals surface area contributed by atoms with Gasteiger partial charge in [0.1, 0.15) is 17.7 Å². The van der Waals surface area contributed by atoms with Crippen LogP contribution in [0.25, 0.3) is 10.9 Å². The van der Waals surface area contributed by atoms with Crippen molar-refractivity contribution in [1.82, 2.24) is 14.8 Å². The van der Waals surface area contributed by atoms with E-state index in [1.54, 1.807) is 23.2 Å². The molecule has 0 atom stereocenters. The maximum atomic E-state index is 13.8. The second kappa shape index (κ2) is 9.24. The van der Waals surface area contributed by atoms with Crippen LogP contribution in [-0.2, 0) is 6.42 Å². The number of aromatic amines is 1. The molecular formula is C22H21ClF2N4O. The molecule has 1 aliphatic rings. The van der Waals surface area contributed by atoms with Gasteiger partial charge in [-0.1, -0.05) is 18.2 Å². The van der Waals surface area contributed by atoms with Crippen LogP contribution in [0.15, 0.2) is 42.6 Å². The van der Waals surface area contributed by atoms with Crippen LogP contribution >= 0.6 is 12.4 Å². The van der Waals surface area contributed by atoms with E-state index in [0.29, 0.717) is 61.4 Å². The molecule has 5 nitrogen and oxygen atoms in total. The molecule has 0 aliphatic carbocycles. The molecule has 2 aromatic carbocycles. The minimum atomic E-state index is -0.572. The highest BCUT2D eigenvalue weighted by molar-refractivity contribution is 6.06. The summed E-state index contributed by atoms with van der Waals surface area (Å²) in [6.07, 6.45) is 2.12. The smallest absolute Gasteiger partial charge is 0.256 e. The molecule has 1 N–H and O–H groups in total. The van der Waals surface area contributed by atoms with Crippen LogP contribution in [0.3, 0.4) is 0 Å². The number of halogens is 3. The zero-order valence-electron chi connectivity index (χ0n) is 16.2. The van der Waals surface area contributed by atoms with Crippen molar-refractivity contribution >= 4 is 29.2 Å². The number of nitriles is 1. The van der Waals surface area contributed by atoms with Gasteiger partial charge in [-0.05, 0) is 24.1 Å². The second-order valence-electron chi connectivity index (χ2n) is 7.16. The molecule has 1 amide bonds. The standard InChI is InChI=1S/C22H20F2N4O.ClH/c23-17-5-4-15(20(24)12-17)6-7-27-8-10-28(11-9-27)22(29)19-3-1-2-18-16(13-25)14-26-21(18)19;/h1-5,12,14,26H,6-11H2;1H. The average Bonchev–Trinajstić information content (AvgIpc) is 3.16. The summed E-state index contributed by atoms with van der Waals surface area (Å²) in [5.74, 6) is -1.15. The van der Waals surface area contributed by atoms with Crippen molar-refractivity contribution in [2.45, 2.75) is 6.42 Å². The largest absolute Gasteiger partial charge is 0.359 e. The lowest BCUT2D eigenvalue weighted by Gasteiger charge is -2.34. The van der Waals surface area contributed by atoms with E-state index in [1.165, 1.54) is 12.1 Å². The molecule has 0 saturated carbocycles. The van der Waals surface area contributed by atoms with Gasteiger partial charge >= 0.3 is 0 Å². The number of carbonyl (C=O) groups excluding carboxylic acids is 1. The molecule has 1 fully saturated rings. The molecule has 4 rings (SSSR count). The summed E-state index contributed by atoms with van der Waals surface area (Å²) in [5.41, 5.74) is 2.26. The fourth-order valence-corrected chi connectivity index (χ4v) is 3.77. The maximum Gasteiger partial charge on any atom is 0.256 e. The molecule has 3 aromatic rings. The van der Waals surface area contributed by atoms with E-state index in [9.17, 15) is 18.8 Å². The van der Waals surface area contributed by atoms with Gasteiger partial charge < -0.3 is 9.88 Å². The molecule has 30 heavy (non-hydrogen) atoms. The monoisotopic (exact) mass is 430 g/mol. The molecule has 2 heterocycles. The average molecular weight is 431 g/mol. The Hall–Kier alpha value is -2.95. The summed E-state index contributed by atoms with van der Waals surface area (Å²) in [7, 11) is 0. The van der Waals surface area contributed by atoms with Gasteiger partial charge in [-0.3, -0.25) is 9.69 Å². The number of hydrogen-bond donors (Lipinski definition) is 1. The Balaban J connectivity index is 0.00000256. The van der Waals surface area contributed by atoms with Gasteiger partial charge in [0, 0.05) is 50.4 Å². The van der Waals surface area contributed by atoms with Crippen LogP contribution < -0.4 is 0 Å². The van der Waals surface area contributed by atoms with Crippen LogP contribution in [0.5, 0.6) is 0 Å². The van der Waals surface area contributed by atoms with Crippen molar-refractivity contribution in [3.05, 3.63) is 70.9 Å². The van der Waals surface area contributed by atoms with Crippen molar-refractivity contribution in [2.24, 2.45) is 0 Å². The van der Waals surface area contributed by atoms with E-state index < -0.39 is 11.6 Å². The molecule has 0 bridgehead atoms. The summed E-state index contributed by atoms with van der Waals surface area (Å²) < 4.78 is 26.8. The highest BCUT2D eigenvalue weighted by Crippen LogP contribution is 2.23. The number of aromatic nitrogens is 1. The molecule has 1 aromatic heterocycles. The lowest BCUT2D eigenvalue weighted by Crippen LogP contribution is -2.49. The first kappa shape index (κ1) is 21.8. The van der Waals surface area contributed by atoms with Gasteiger partial charge in [0.25, 0.3) is 5.91 Å². The number of carbonyl (C=O) groups is 1. The number of para-hydroxylation sites is 1. The van der Waals surface area contributed by atoms with Crippen molar-refractivity contribution in [3.8, 4) is 6.07 Å². The fourth-order valence-electron chi connectivity index (χ4n) is 3.77. The molecule has 8 heteroatoms. The van der Waals surface area contributed by atoms with Gasteiger partial charge in [0.05, 0.1) is 16.6 Å². The minimum absolute atomic E-state index is 0. The van der Waals surface area contributed by atoms with E-state index in [1.807, 2.05) is 6.07 Å². The Bertz CT molecular complexity index is 1100. The van der Waals surface area contributed by atoms with E-state index in [0.717, 1.165) is 11.5 Å². The van der Waals surface area contributed by atoms with E-state index in [2.05, 4.69) is 16.0 Å². The fraction of sp³-hybridized carbons (Fsp3) is 0.273. The van der Waals surface area contributed by atoms with Gasteiger partial charge in [-0.25, -0.2) is 8.78 Å². The van der Waals surface area contributed by atoms with Crippen molar-refractivity contribution in [1.29, 1.82) is 5.26 Å². The molecule has 1 saturated heterocycles. The molecule has 0 spiro atoms. The predicted molar refractivity (Wildman–Crippen MR) is 113 cm³/mol. The van der Waals surface area contributed by atoms with Crippen LogP contribution in [0.4, 0.5) is 8.78 Å². The van der Waals surface area contributed by atoms with Crippen molar-refractivity contribution in [3.63, 3.8) is 0 Å². The number of fused-ring (bicyclic) bond motifs is 1. The zero-order valence-corrected chi connectivity index (χ0v) is 17.0. The minimum Gasteiger partial charge on any atom is -0.359 e. The number of H-pyrrole nitrogens is 1. The number of hydrogen-bond acceptors (Lipinski definition) is 3. The van der Waals surface area contributed by atoms with Crippen LogP contribution in [-0.4, -0.2) is 53.4 Å². The van der Waals surface area contributed by atoms with Gasteiger partial charge in [-0.2, -0.15) is 5.26 Å². The molecule has 1 aliphatic heterocycles. The molecular weight excluding hydrogens is 410 g/mol. The summed E-state index contributed by atoms with van der Waals surface area (Å²) in [4.78, 5) is 20.0. The summed E-state index contributed by atoms with van der Waals surface area (Å²) in [6, 6.07) is 11.2. The maximum absolute atomic E-state index is 13.8. The lowest BCUT2D eigenvalue weighted by molar-refractivity contribution is 0.0640. The van der Waals surface area contributed by atoms with Crippen LogP contribution in [0, 0.1) is 23.0 Å². The van der Waals surface area contributed by atoms with Crippen LogP contribution in [0.2, 0.25) is 0 Å². The quantitative estimate of drug-likeness (QED) is 0.685. The zero-order chi connectivity index (χ0) is 20.4. The van der Waals surface area contributed by atoms with Crippen molar-refractivity contribution in [2.75, 3.05) is 32.7 Å². The first-order valence-corrected chi connectivity index (χ1v) is 9.52. The Kier molecular flexibility index (Phi) is 6.70. The van der Waals surface area contributed by atoms with Crippen LogP contribution in [0.1, 0.15) is 21.5 Å². The van der Waals surface area contributed by atoms with Crippen molar-refractivity contribution < 1.29 is 13.6 Å². The van der Waals surface area contributed by atoms with Gasteiger partial charge in [-0.15, -0.1) is 12.4 Å². The predicted octanol–water partition coefficient (Wildman–Crippen LogP) is 3.74. The Morgan fingerprint density at radius 1 is 1.13 bits per heavy atom. The van der Waals surface area contributed by atoms with Gasteiger partial charge in [0.15, 0.2) is 0 Å². The number of rotatable bonds is 4. The summed E-state index contributed by atoms with van der Waals surface area (Å²) >= 11 is 0. The summed E-state index contributed by atoms with van der Waals surface area (Å²) in [5, 5.41) is 9.93. The number of amides is 1. The van der Waals surface area contributed by atoms with E-state index >= 15 is 0 Å². The van der Waals surface area contributed by atoms with Gasteiger partial charge in [0.2, 0.25) is 0 Å².